The normalized spacial score (nSPS) is 19.6. The van der Waals surface area contributed by atoms with Crippen LogP contribution in [0.3, 0.4) is 0 Å². The van der Waals surface area contributed by atoms with Crippen molar-refractivity contribution in [2.45, 2.75) is 98.8 Å². The second-order valence-electron chi connectivity index (χ2n) is 12.1. The van der Waals surface area contributed by atoms with Crippen LogP contribution in [0.15, 0.2) is 18.2 Å². The first-order chi connectivity index (χ1) is 17.3. The lowest BCUT2D eigenvalue weighted by Gasteiger charge is -2.31. The molecule has 2 rings (SSSR count). The number of alkyl carbamates (subject to hydrolysis) is 1. The van der Waals surface area contributed by atoms with Gasteiger partial charge in [-0.15, -0.1) is 0 Å². The molecule has 1 heterocycles. The van der Waals surface area contributed by atoms with E-state index < -0.39 is 11.7 Å². The SMILES string of the molecule is COCCCOc1cc(C[C@@H](C[C@H](NC(=O)OC(C)(C)C)[C@@H]2C[C@@H](C(C)C)C(=O)O2)C(C)C)ccc1C. The summed E-state index contributed by atoms with van der Waals surface area (Å²) in [5, 5.41) is 3.05. The molecule has 1 fully saturated rings. The number of carbonyl (C=O) groups is 2. The van der Waals surface area contributed by atoms with Gasteiger partial charge in [0.1, 0.15) is 17.5 Å². The zero-order valence-corrected chi connectivity index (χ0v) is 24.4. The molecule has 1 saturated heterocycles. The average molecular weight is 520 g/mol. The molecule has 210 valence electrons. The lowest BCUT2D eigenvalue weighted by atomic mass is 9.81. The summed E-state index contributed by atoms with van der Waals surface area (Å²) in [6.07, 6.45) is 2.10. The van der Waals surface area contributed by atoms with Crippen LogP contribution in [-0.4, -0.2) is 50.1 Å². The lowest BCUT2D eigenvalue weighted by molar-refractivity contribution is -0.146. The van der Waals surface area contributed by atoms with Crippen LogP contribution < -0.4 is 10.1 Å². The van der Waals surface area contributed by atoms with Gasteiger partial charge in [-0.1, -0.05) is 39.8 Å². The van der Waals surface area contributed by atoms with Gasteiger partial charge in [0.2, 0.25) is 0 Å². The molecule has 0 unspecified atom stereocenters. The van der Waals surface area contributed by atoms with E-state index in [0.29, 0.717) is 32.0 Å². The number of rotatable bonds is 13. The highest BCUT2D eigenvalue weighted by Crippen LogP contribution is 2.33. The Labute approximate surface area is 224 Å². The molecule has 1 aromatic rings. The number of cyclic esters (lactones) is 1. The van der Waals surface area contributed by atoms with Crippen LogP contribution in [-0.2, 0) is 25.4 Å². The van der Waals surface area contributed by atoms with Gasteiger partial charge >= 0.3 is 12.1 Å². The minimum absolute atomic E-state index is 0.152. The Morgan fingerprint density at radius 2 is 1.86 bits per heavy atom. The maximum Gasteiger partial charge on any atom is 0.408 e. The summed E-state index contributed by atoms with van der Waals surface area (Å²) in [5.41, 5.74) is 1.68. The van der Waals surface area contributed by atoms with Crippen LogP contribution in [0.1, 0.15) is 78.9 Å². The summed E-state index contributed by atoms with van der Waals surface area (Å²) in [5.74, 6) is 1.36. The van der Waals surface area contributed by atoms with Crippen molar-refractivity contribution in [3.63, 3.8) is 0 Å². The van der Waals surface area contributed by atoms with E-state index in [0.717, 1.165) is 24.2 Å². The number of methoxy groups -OCH3 is 1. The van der Waals surface area contributed by atoms with Gasteiger partial charge in [-0.2, -0.15) is 0 Å². The monoisotopic (exact) mass is 519 g/mol. The van der Waals surface area contributed by atoms with E-state index in [1.807, 2.05) is 34.6 Å². The highest BCUT2D eigenvalue weighted by molar-refractivity contribution is 5.75. The molecule has 0 spiro atoms. The Balaban J connectivity index is 2.20. The molecule has 7 heteroatoms. The number of hydrogen-bond acceptors (Lipinski definition) is 6. The highest BCUT2D eigenvalue weighted by Gasteiger charge is 2.42. The average Bonchev–Trinajstić information content (AvgIpc) is 3.18. The Morgan fingerprint density at radius 1 is 1.16 bits per heavy atom. The number of amides is 1. The Hall–Kier alpha value is -2.28. The molecule has 0 aromatic heterocycles. The van der Waals surface area contributed by atoms with Crippen molar-refractivity contribution in [1.82, 2.24) is 5.32 Å². The molecule has 0 bridgehead atoms. The van der Waals surface area contributed by atoms with Crippen molar-refractivity contribution in [3.8, 4) is 5.75 Å². The third kappa shape index (κ3) is 10.2. The first-order valence-electron chi connectivity index (χ1n) is 13.7. The van der Waals surface area contributed by atoms with Crippen molar-refractivity contribution < 1.29 is 28.5 Å². The van der Waals surface area contributed by atoms with Crippen LogP contribution in [0.5, 0.6) is 5.75 Å². The van der Waals surface area contributed by atoms with Crippen LogP contribution in [0.4, 0.5) is 4.79 Å². The molecule has 7 nitrogen and oxygen atoms in total. The number of esters is 1. The molecule has 1 N–H and O–H groups in total. The topological polar surface area (TPSA) is 83.1 Å². The summed E-state index contributed by atoms with van der Waals surface area (Å²) in [7, 11) is 1.69. The first-order valence-corrected chi connectivity index (χ1v) is 13.7. The quantitative estimate of drug-likeness (QED) is 0.251. The molecule has 1 amide bonds. The number of benzene rings is 1. The van der Waals surface area contributed by atoms with Crippen molar-refractivity contribution in [3.05, 3.63) is 29.3 Å². The second kappa shape index (κ2) is 14.0. The van der Waals surface area contributed by atoms with E-state index in [-0.39, 0.29) is 35.9 Å². The summed E-state index contributed by atoms with van der Waals surface area (Å²) < 4.78 is 22.5. The predicted molar refractivity (Wildman–Crippen MR) is 146 cm³/mol. The number of nitrogens with one attached hydrogen (secondary N) is 1. The third-order valence-corrected chi connectivity index (χ3v) is 7.01. The minimum Gasteiger partial charge on any atom is -0.493 e. The largest absolute Gasteiger partial charge is 0.493 e. The van der Waals surface area contributed by atoms with E-state index in [4.69, 9.17) is 18.9 Å². The van der Waals surface area contributed by atoms with Gasteiger partial charge < -0.3 is 24.3 Å². The number of hydrogen-bond donors (Lipinski definition) is 1. The van der Waals surface area contributed by atoms with Crippen molar-refractivity contribution in [2.24, 2.45) is 23.7 Å². The van der Waals surface area contributed by atoms with E-state index >= 15 is 0 Å². The highest BCUT2D eigenvalue weighted by atomic mass is 16.6. The van der Waals surface area contributed by atoms with E-state index in [9.17, 15) is 9.59 Å². The Morgan fingerprint density at radius 3 is 2.43 bits per heavy atom. The van der Waals surface area contributed by atoms with Gasteiger partial charge in [0.15, 0.2) is 0 Å². The molecule has 37 heavy (non-hydrogen) atoms. The molecule has 1 aliphatic rings. The molecule has 0 radical (unpaired) electrons. The second-order valence-corrected chi connectivity index (χ2v) is 12.1. The van der Waals surface area contributed by atoms with Crippen LogP contribution in [0.2, 0.25) is 0 Å². The smallest absolute Gasteiger partial charge is 0.408 e. The Bertz CT molecular complexity index is 875. The van der Waals surface area contributed by atoms with Gasteiger partial charge in [0.25, 0.3) is 0 Å². The minimum atomic E-state index is -0.611. The summed E-state index contributed by atoms with van der Waals surface area (Å²) >= 11 is 0. The molecular weight excluding hydrogens is 470 g/mol. The van der Waals surface area contributed by atoms with Crippen molar-refractivity contribution in [2.75, 3.05) is 20.3 Å². The summed E-state index contributed by atoms with van der Waals surface area (Å²) in [4.78, 5) is 25.3. The molecule has 4 atom stereocenters. The van der Waals surface area contributed by atoms with E-state index in [1.54, 1.807) is 7.11 Å². The predicted octanol–water partition coefficient (Wildman–Crippen LogP) is 6.10. The van der Waals surface area contributed by atoms with Gasteiger partial charge in [-0.05, 0) is 81.9 Å². The fraction of sp³-hybridized carbons (Fsp3) is 0.733. The zero-order chi connectivity index (χ0) is 27.8. The number of ether oxygens (including phenoxy) is 4. The zero-order valence-electron chi connectivity index (χ0n) is 24.4. The van der Waals surface area contributed by atoms with Gasteiger partial charge in [-0.3, -0.25) is 4.79 Å². The van der Waals surface area contributed by atoms with Gasteiger partial charge in [0, 0.05) is 20.1 Å². The van der Waals surface area contributed by atoms with E-state index in [1.165, 1.54) is 5.56 Å². The molecular formula is C30H49NO6. The van der Waals surface area contributed by atoms with Gasteiger partial charge in [-0.25, -0.2) is 4.79 Å². The Kier molecular flexibility index (Phi) is 11.7. The van der Waals surface area contributed by atoms with E-state index in [2.05, 4.69) is 44.3 Å². The van der Waals surface area contributed by atoms with Crippen LogP contribution in [0, 0.1) is 30.6 Å². The molecule has 0 saturated carbocycles. The lowest BCUT2D eigenvalue weighted by Crippen LogP contribution is -2.47. The van der Waals surface area contributed by atoms with Crippen LogP contribution >= 0.6 is 0 Å². The third-order valence-electron chi connectivity index (χ3n) is 7.01. The summed E-state index contributed by atoms with van der Waals surface area (Å²) in [6, 6.07) is 6.04. The standard InChI is InChI=1S/C30H49NO6/c1-19(2)23(15-22-12-11-21(5)26(16-22)35-14-10-13-34-9)17-25(31-29(33)37-30(6,7)8)27-18-24(20(3)4)28(32)36-27/h11-12,16,19-20,23-25,27H,10,13-15,17-18H2,1-9H3,(H,31,33)/t23-,24-,25-,27-/m0/s1. The first kappa shape index (κ1) is 30.9. The fourth-order valence-corrected chi connectivity index (χ4v) is 4.72. The number of carbonyl (C=O) groups excluding carboxylic acids is 2. The molecule has 0 aliphatic carbocycles. The molecule has 1 aliphatic heterocycles. The fourth-order valence-electron chi connectivity index (χ4n) is 4.72. The number of aryl methyl sites for hydroxylation is 1. The summed E-state index contributed by atoms with van der Waals surface area (Å²) in [6.45, 7) is 17.3. The maximum atomic E-state index is 12.8. The van der Waals surface area contributed by atoms with Crippen LogP contribution in [0.25, 0.3) is 0 Å². The maximum absolute atomic E-state index is 12.8. The van der Waals surface area contributed by atoms with Crippen molar-refractivity contribution >= 4 is 12.1 Å². The molecule has 1 aromatic carbocycles. The van der Waals surface area contributed by atoms with Gasteiger partial charge in [0.05, 0.1) is 18.6 Å². The van der Waals surface area contributed by atoms with Crippen molar-refractivity contribution in [1.29, 1.82) is 0 Å².